The van der Waals surface area contributed by atoms with Crippen LogP contribution >= 0.6 is 11.3 Å². The minimum Gasteiger partial charge on any atom is -0.496 e. The second kappa shape index (κ2) is 9.11. The van der Waals surface area contributed by atoms with Crippen LogP contribution in [0.4, 0.5) is 0 Å². The number of hydrogen-bond acceptors (Lipinski definition) is 7. The number of aromatic nitrogens is 3. The Morgan fingerprint density at radius 1 is 1.08 bits per heavy atom. The van der Waals surface area contributed by atoms with E-state index in [0.29, 0.717) is 22.8 Å². The SMILES string of the molecule is COc1cc(OCc2csc(-c3ccc(C(=O)O)cc3)n2)c2cc(-c3cn4cc(C)ccc4n3)oc2c1. The highest BCUT2D eigenvalue weighted by atomic mass is 32.1. The summed E-state index contributed by atoms with van der Waals surface area (Å²) in [4.78, 5) is 20.4. The van der Waals surface area contributed by atoms with Crippen molar-refractivity contribution in [2.24, 2.45) is 0 Å². The third-order valence-electron chi connectivity index (χ3n) is 5.97. The number of benzene rings is 2. The highest BCUT2D eigenvalue weighted by Crippen LogP contribution is 2.37. The summed E-state index contributed by atoms with van der Waals surface area (Å²) in [6.45, 7) is 2.29. The van der Waals surface area contributed by atoms with Crippen molar-refractivity contribution in [3.8, 4) is 33.5 Å². The van der Waals surface area contributed by atoms with Gasteiger partial charge in [0.15, 0.2) is 5.76 Å². The van der Waals surface area contributed by atoms with Gasteiger partial charge < -0.3 is 23.4 Å². The molecule has 0 bridgehead atoms. The fourth-order valence-corrected chi connectivity index (χ4v) is 4.89. The number of aryl methyl sites for hydroxylation is 1. The van der Waals surface area contributed by atoms with Crippen LogP contribution in [0.1, 0.15) is 21.6 Å². The molecule has 0 aliphatic rings. The molecule has 9 heteroatoms. The fraction of sp³-hybridized carbons (Fsp3) is 0.107. The minimum atomic E-state index is -0.955. The summed E-state index contributed by atoms with van der Waals surface area (Å²) < 4.78 is 19.8. The van der Waals surface area contributed by atoms with Crippen molar-refractivity contribution in [3.05, 3.63) is 89.2 Å². The summed E-state index contributed by atoms with van der Waals surface area (Å²) in [5.74, 6) is 0.911. The molecule has 1 N–H and O–H groups in total. The second-order valence-electron chi connectivity index (χ2n) is 8.56. The number of imidazole rings is 1. The highest BCUT2D eigenvalue weighted by Gasteiger charge is 2.16. The number of methoxy groups -OCH3 is 1. The second-order valence-corrected chi connectivity index (χ2v) is 9.42. The molecule has 0 amide bonds. The molecule has 4 aromatic heterocycles. The quantitative estimate of drug-likeness (QED) is 0.262. The first-order chi connectivity index (χ1) is 18.0. The van der Waals surface area contributed by atoms with Crippen LogP contribution in [0.2, 0.25) is 0 Å². The molecule has 0 spiro atoms. The predicted molar refractivity (Wildman–Crippen MR) is 141 cm³/mol. The maximum Gasteiger partial charge on any atom is 0.335 e. The number of carboxylic acid groups (broad SMARTS) is 1. The molecule has 0 aliphatic heterocycles. The van der Waals surface area contributed by atoms with Gasteiger partial charge >= 0.3 is 5.97 Å². The molecule has 37 heavy (non-hydrogen) atoms. The largest absolute Gasteiger partial charge is 0.496 e. The summed E-state index contributed by atoms with van der Waals surface area (Å²) in [7, 11) is 1.60. The van der Waals surface area contributed by atoms with Crippen LogP contribution in [-0.4, -0.2) is 32.6 Å². The monoisotopic (exact) mass is 511 g/mol. The van der Waals surface area contributed by atoms with Crippen molar-refractivity contribution in [1.82, 2.24) is 14.4 Å². The van der Waals surface area contributed by atoms with Gasteiger partial charge in [0.25, 0.3) is 0 Å². The normalized spacial score (nSPS) is 11.3. The molecule has 0 saturated heterocycles. The minimum absolute atomic E-state index is 0.240. The number of thiazole rings is 1. The Balaban J connectivity index is 1.27. The zero-order valence-electron chi connectivity index (χ0n) is 20.0. The lowest BCUT2D eigenvalue weighted by atomic mass is 10.1. The van der Waals surface area contributed by atoms with Crippen LogP contribution < -0.4 is 9.47 Å². The van der Waals surface area contributed by atoms with Gasteiger partial charge in [0, 0.05) is 35.5 Å². The van der Waals surface area contributed by atoms with E-state index in [1.807, 2.05) is 59.4 Å². The number of furan rings is 1. The first-order valence-corrected chi connectivity index (χ1v) is 12.3. The van der Waals surface area contributed by atoms with Gasteiger partial charge in [-0.3, -0.25) is 0 Å². The summed E-state index contributed by atoms with van der Waals surface area (Å²) >= 11 is 1.48. The van der Waals surface area contributed by atoms with Gasteiger partial charge in [-0.2, -0.15) is 0 Å². The Morgan fingerprint density at radius 2 is 1.92 bits per heavy atom. The van der Waals surface area contributed by atoms with E-state index in [0.717, 1.165) is 38.6 Å². The van der Waals surface area contributed by atoms with Crippen molar-refractivity contribution >= 4 is 33.9 Å². The lowest BCUT2D eigenvalue weighted by Crippen LogP contribution is -1.97. The Hall–Kier alpha value is -4.63. The number of hydrogen-bond donors (Lipinski definition) is 1. The number of pyridine rings is 1. The highest BCUT2D eigenvalue weighted by molar-refractivity contribution is 7.13. The topological polar surface area (TPSA) is 99.1 Å². The summed E-state index contributed by atoms with van der Waals surface area (Å²) in [5, 5.41) is 12.6. The Kier molecular flexibility index (Phi) is 5.61. The number of nitrogens with zero attached hydrogens (tertiary/aromatic N) is 3. The van der Waals surface area contributed by atoms with Gasteiger partial charge in [0.2, 0.25) is 0 Å². The average molecular weight is 512 g/mol. The predicted octanol–water partition coefficient (Wildman–Crippen LogP) is 6.47. The lowest BCUT2D eigenvalue weighted by molar-refractivity contribution is 0.0697. The zero-order valence-corrected chi connectivity index (χ0v) is 20.8. The third-order valence-corrected chi connectivity index (χ3v) is 6.91. The Bertz CT molecular complexity index is 1760. The van der Waals surface area contributed by atoms with Crippen LogP contribution in [0.25, 0.3) is 38.6 Å². The summed E-state index contributed by atoms with van der Waals surface area (Å²) in [5.41, 5.74) is 5.20. The molecule has 0 atom stereocenters. The molecule has 8 nitrogen and oxygen atoms in total. The van der Waals surface area contributed by atoms with Crippen LogP contribution in [0.15, 0.2) is 76.8 Å². The number of ether oxygens (including phenoxy) is 2. The Labute approximate surface area is 215 Å². The van der Waals surface area contributed by atoms with Gasteiger partial charge in [0.05, 0.1) is 23.8 Å². The molecular weight excluding hydrogens is 490 g/mol. The number of fused-ring (bicyclic) bond motifs is 2. The standard InChI is InChI=1S/C28H21N3O5S/c1-16-3-8-26-30-22(13-31(26)12-16)25-11-21-23(9-20(34-2)10-24(21)36-25)35-14-19-15-37-27(29-19)17-4-6-18(7-5-17)28(32)33/h3-13,15H,14H2,1-2H3,(H,32,33). The van der Waals surface area contributed by atoms with E-state index in [2.05, 4.69) is 9.97 Å². The molecule has 184 valence electrons. The molecule has 2 aromatic carbocycles. The van der Waals surface area contributed by atoms with Gasteiger partial charge in [0.1, 0.15) is 40.0 Å². The van der Waals surface area contributed by atoms with E-state index in [4.69, 9.17) is 19.0 Å². The Morgan fingerprint density at radius 3 is 2.70 bits per heavy atom. The summed E-state index contributed by atoms with van der Waals surface area (Å²) in [6, 6.07) is 16.2. The summed E-state index contributed by atoms with van der Waals surface area (Å²) in [6.07, 6.45) is 3.96. The van der Waals surface area contributed by atoms with E-state index < -0.39 is 5.97 Å². The lowest BCUT2D eigenvalue weighted by Gasteiger charge is -2.08. The van der Waals surface area contributed by atoms with Crippen molar-refractivity contribution in [3.63, 3.8) is 0 Å². The zero-order chi connectivity index (χ0) is 25.5. The molecular formula is C28H21N3O5S. The number of aromatic carboxylic acids is 1. The number of carboxylic acids is 1. The van der Waals surface area contributed by atoms with Crippen LogP contribution in [0.5, 0.6) is 11.5 Å². The van der Waals surface area contributed by atoms with E-state index in [1.165, 1.54) is 11.3 Å². The molecule has 6 aromatic rings. The van der Waals surface area contributed by atoms with Crippen molar-refractivity contribution in [1.29, 1.82) is 0 Å². The van der Waals surface area contributed by atoms with Gasteiger partial charge in [-0.1, -0.05) is 18.2 Å². The van der Waals surface area contributed by atoms with Crippen LogP contribution in [-0.2, 0) is 6.61 Å². The van der Waals surface area contributed by atoms with E-state index in [-0.39, 0.29) is 12.2 Å². The first-order valence-electron chi connectivity index (χ1n) is 11.4. The fourth-order valence-electron chi connectivity index (χ4n) is 4.08. The smallest absolute Gasteiger partial charge is 0.335 e. The van der Waals surface area contributed by atoms with Crippen LogP contribution in [0, 0.1) is 6.92 Å². The van der Waals surface area contributed by atoms with Crippen LogP contribution in [0.3, 0.4) is 0 Å². The number of carbonyl (C=O) groups is 1. The van der Waals surface area contributed by atoms with Gasteiger partial charge in [-0.05, 0) is 36.8 Å². The van der Waals surface area contributed by atoms with Gasteiger partial charge in [-0.25, -0.2) is 14.8 Å². The van der Waals surface area contributed by atoms with Gasteiger partial charge in [-0.15, -0.1) is 11.3 Å². The molecule has 0 fully saturated rings. The van der Waals surface area contributed by atoms with Crippen molar-refractivity contribution in [2.75, 3.05) is 7.11 Å². The maximum atomic E-state index is 11.1. The van der Waals surface area contributed by atoms with E-state index in [1.54, 1.807) is 31.4 Å². The maximum absolute atomic E-state index is 11.1. The molecule has 0 radical (unpaired) electrons. The van der Waals surface area contributed by atoms with E-state index >= 15 is 0 Å². The van der Waals surface area contributed by atoms with Crippen molar-refractivity contribution in [2.45, 2.75) is 13.5 Å². The molecule has 0 aliphatic carbocycles. The number of rotatable bonds is 7. The van der Waals surface area contributed by atoms with E-state index in [9.17, 15) is 4.79 Å². The molecule has 0 unspecified atom stereocenters. The molecule has 0 saturated carbocycles. The third kappa shape index (κ3) is 4.41. The molecule has 6 rings (SSSR count). The molecule has 4 heterocycles. The average Bonchev–Trinajstić information content (AvgIpc) is 3.64. The van der Waals surface area contributed by atoms with Crippen molar-refractivity contribution < 1.29 is 23.8 Å². The first kappa shape index (κ1) is 22.8.